The van der Waals surface area contributed by atoms with Gasteiger partial charge in [-0.2, -0.15) is 0 Å². The first-order valence-corrected chi connectivity index (χ1v) is 6.71. The van der Waals surface area contributed by atoms with Crippen LogP contribution in [0.25, 0.3) is 0 Å². The van der Waals surface area contributed by atoms with Gasteiger partial charge in [0.1, 0.15) is 0 Å². The van der Waals surface area contributed by atoms with E-state index in [-0.39, 0.29) is 6.04 Å². The summed E-state index contributed by atoms with van der Waals surface area (Å²) in [5.74, 6) is 0. The van der Waals surface area contributed by atoms with Crippen LogP contribution in [0.2, 0.25) is 0 Å². The van der Waals surface area contributed by atoms with Crippen molar-refractivity contribution in [3.63, 3.8) is 0 Å². The van der Waals surface area contributed by atoms with E-state index in [1.165, 1.54) is 10.6 Å². The predicted octanol–water partition coefficient (Wildman–Crippen LogP) is 1.85. The Morgan fingerprint density at radius 2 is 1.54 bits per heavy atom. The zero-order valence-electron chi connectivity index (χ0n) is 9.08. The molecular formula is C9H21NO2S. The molecule has 0 amide bonds. The van der Waals surface area contributed by atoms with Crippen molar-refractivity contribution in [2.75, 3.05) is 13.3 Å². The van der Waals surface area contributed by atoms with Crippen LogP contribution in [0.4, 0.5) is 0 Å². The number of hydrogen-bond donors (Lipinski definition) is 0. The Morgan fingerprint density at radius 1 is 1.15 bits per heavy atom. The van der Waals surface area contributed by atoms with Crippen LogP contribution < -0.4 is 0 Å². The largest absolute Gasteiger partial charge is 0.213 e. The molecule has 4 heteroatoms. The molecule has 0 radical (unpaired) electrons. The summed E-state index contributed by atoms with van der Waals surface area (Å²) in [6, 6.07) is 0.185. The second-order valence-corrected chi connectivity index (χ2v) is 5.55. The minimum Gasteiger partial charge on any atom is -0.213 e. The number of nitrogens with zero attached hydrogens (tertiary/aromatic N) is 1. The minimum absolute atomic E-state index is 0.185. The lowest BCUT2D eigenvalue weighted by Crippen LogP contribution is -2.36. The molecule has 0 spiro atoms. The Bertz CT molecular complexity index is 218. The van der Waals surface area contributed by atoms with Crippen LogP contribution in [-0.2, 0) is 10.0 Å². The lowest BCUT2D eigenvalue weighted by Gasteiger charge is -2.25. The van der Waals surface area contributed by atoms with Gasteiger partial charge < -0.3 is 0 Å². The molecule has 0 aliphatic carbocycles. The average Bonchev–Trinajstić information content (AvgIpc) is 2.01. The first-order chi connectivity index (χ1) is 5.93. The smallest absolute Gasteiger partial charge is 0.211 e. The summed E-state index contributed by atoms with van der Waals surface area (Å²) < 4.78 is 24.0. The van der Waals surface area contributed by atoms with Crippen molar-refractivity contribution >= 4 is 10.0 Å². The van der Waals surface area contributed by atoms with Crippen molar-refractivity contribution in [3.8, 4) is 0 Å². The zero-order valence-corrected chi connectivity index (χ0v) is 9.89. The normalized spacial score (nSPS) is 12.8. The maximum absolute atomic E-state index is 11.2. The third-order valence-corrected chi connectivity index (χ3v) is 3.63. The molecular weight excluding hydrogens is 186 g/mol. The summed E-state index contributed by atoms with van der Waals surface area (Å²) in [5, 5.41) is 0. The highest BCUT2D eigenvalue weighted by Crippen LogP contribution is 2.13. The van der Waals surface area contributed by atoms with E-state index < -0.39 is 10.0 Å². The van der Waals surface area contributed by atoms with Gasteiger partial charge >= 0.3 is 0 Å². The quantitative estimate of drug-likeness (QED) is 0.666. The third kappa shape index (κ3) is 4.62. The van der Waals surface area contributed by atoms with Gasteiger partial charge in [0.05, 0.1) is 6.26 Å². The molecule has 0 aromatic carbocycles. The molecule has 0 N–H and O–H groups in total. The van der Waals surface area contributed by atoms with Crippen LogP contribution in [0.1, 0.15) is 39.5 Å². The fourth-order valence-electron chi connectivity index (χ4n) is 1.45. The van der Waals surface area contributed by atoms with E-state index in [0.29, 0.717) is 0 Å². The molecule has 0 heterocycles. The van der Waals surface area contributed by atoms with E-state index in [1.807, 2.05) is 0 Å². The summed E-state index contributed by atoms with van der Waals surface area (Å²) >= 11 is 0. The molecule has 0 aliphatic heterocycles. The van der Waals surface area contributed by atoms with Gasteiger partial charge in [-0.25, -0.2) is 12.7 Å². The lowest BCUT2D eigenvalue weighted by atomic mass is 10.1. The lowest BCUT2D eigenvalue weighted by molar-refractivity contribution is 0.329. The van der Waals surface area contributed by atoms with E-state index in [4.69, 9.17) is 0 Å². The molecule has 3 nitrogen and oxygen atoms in total. The molecule has 0 rings (SSSR count). The molecule has 0 saturated carbocycles. The van der Waals surface area contributed by atoms with Crippen molar-refractivity contribution in [1.29, 1.82) is 0 Å². The minimum atomic E-state index is -3.01. The molecule has 13 heavy (non-hydrogen) atoms. The molecule has 80 valence electrons. The maximum atomic E-state index is 11.2. The van der Waals surface area contributed by atoms with Gasteiger partial charge in [-0.05, 0) is 12.8 Å². The SMILES string of the molecule is CCCC(CCC)N(C)S(C)(=O)=O. The molecule has 0 aliphatic rings. The maximum Gasteiger partial charge on any atom is 0.211 e. The van der Waals surface area contributed by atoms with Crippen molar-refractivity contribution in [1.82, 2.24) is 4.31 Å². The molecule has 0 unspecified atom stereocenters. The summed E-state index contributed by atoms with van der Waals surface area (Å²) in [5.41, 5.74) is 0. The topological polar surface area (TPSA) is 37.4 Å². The Balaban J connectivity index is 4.36. The van der Waals surface area contributed by atoms with Gasteiger partial charge in [0, 0.05) is 13.1 Å². The van der Waals surface area contributed by atoms with E-state index >= 15 is 0 Å². The average molecular weight is 207 g/mol. The van der Waals surface area contributed by atoms with E-state index in [0.717, 1.165) is 25.7 Å². The molecule has 0 saturated heterocycles. The monoisotopic (exact) mass is 207 g/mol. The van der Waals surface area contributed by atoms with Crippen LogP contribution in [0.5, 0.6) is 0 Å². The Hall–Kier alpha value is -0.0900. The summed E-state index contributed by atoms with van der Waals surface area (Å²) in [4.78, 5) is 0. The molecule has 0 fully saturated rings. The van der Waals surface area contributed by atoms with Crippen LogP contribution >= 0.6 is 0 Å². The van der Waals surface area contributed by atoms with E-state index in [2.05, 4.69) is 13.8 Å². The molecule has 0 aromatic heterocycles. The highest BCUT2D eigenvalue weighted by molar-refractivity contribution is 7.88. The van der Waals surface area contributed by atoms with Crippen LogP contribution in [0.15, 0.2) is 0 Å². The standard InChI is InChI=1S/C9H21NO2S/c1-5-7-9(8-6-2)10(3)13(4,11)12/h9H,5-8H2,1-4H3. The fraction of sp³-hybridized carbons (Fsp3) is 1.00. The summed E-state index contributed by atoms with van der Waals surface area (Å²) in [6.07, 6.45) is 5.25. The highest BCUT2D eigenvalue weighted by atomic mass is 32.2. The van der Waals surface area contributed by atoms with Gasteiger partial charge in [-0.15, -0.1) is 0 Å². The summed E-state index contributed by atoms with van der Waals surface area (Å²) in [7, 11) is -1.34. The van der Waals surface area contributed by atoms with Crippen LogP contribution in [-0.4, -0.2) is 32.1 Å². The Kier molecular flexibility index (Phi) is 5.56. The van der Waals surface area contributed by atoms with Crippen LogP contribution in [0, 0.1) is 0 Å². The van der Waals surface area contributed by atoms with E-state index in [9.17, 15) is 8.42 Å². The molecule has 0 bridgehead atoms. The van der Waals surface area contributed by atoms with Crippen molar-refractivity contribution in [3.05, 3.63) is 0 Å². The Labute approximate surface area is 82.2 Å². The zero-order chi connectivity index (χ0) is 10.5. The predicted molar refractivity (Wildman–Crippen MR) is 56.2 cm³/mol. The Morgan fingerprint density at radius 3 is 1.77 bits per heavy atom. The van der Waals surface area contributed by atoms with E-state index in [1.54, 1.807) is 7.05 Å². The highest BCUT2D eigenvalue weighted by Gasteiger charge is 2.20. The number of rotatable bonds is 6. The van der Waals surface area contributed by atoms with Gasteiger partial charge in [0.15, 0.2) is 0 Å². The second-order valence-electron chi connectivity index (χ2n) is 3.51. The first-order valence-electron chi connectivity index (χ1n) is 4.86. The summed E-state index contributed by atoms with van der Waals surface area (Å²) in [6.45, 7) is 4.16. The second kappa shape index (κ2) is 5.60. The van der Waals surface area contributed by atoms with Gasteiger partial charge in [-0.1, -0.05) is 26.7 Å². The van der Waals surface area contributed by atoms with Crippen LogP contribution in [0.3, 0.4) is 0 Å². The van der Waals surface area contributed by atoms with Gasteiger partial charge in [0.25, 0.3) is 0 Å². The van der Waals surface area contributed by atoms with Gasteiger partial charge in [0.2, 0.25) is 10.0 Å². The van der Waals surface area contributed by atoms with Crippen molar-refractivity contribution < 1.29 is 8.42 Å². The van der Waals surface area contributed by atoms with Crippen molar-refractivity contribution in [2.24, 2.45) is 0 Å². The van der Waals surface area contributed by atoms with Crippen molar-refractivity contribution in [2.45, 2.75) is 45.6 Å². The van der Waals surface area contributed by atoms with Gasteiger partial charge in [-0.3, -0.25) is 0 Å². The molecule has 0 aromatic rings. The molecule has 0 atom stereocenters. The third-order valence-electron chi connectivity index (χ3n) is 2.28. The fourth-order valence-corrected chi connectivity index (χ4v) is 2.20. The first kappa shape index (κ1) is 12.9. The number of sulfonamides is 1. The number of hydrogen-bond acceptors (Lipinski definition) is 2.